The van der Waals surface area contributed by atoms with Gasteiger partial charge in [0.05, 0.1) is 10.6 Å². The molecule has 27 heavy (non-hydrogen) atoms. The molecule has 0 aliphatic rings. The van der Waals surface area contributed by atoms with Crippen molar-refractivity contribution in [3.05, 3.63) is 79.6 Å². The average molecular weight is 420 g/mol. The molecule has 0 spiro atoms. The van der Waals surface area contributed by atoms with Crippen LogP contribution in [0.1, 0.15) is 5.56 Å². The zero-order valence-electron chi connectivity index (χ0n) is 13.6. The molecule has 9 heteroatoms. The molecule has 0 unspecified atom stereocenters. The number of nitro benzene ring substituents is 1. The van der Waals surface area contributed by atoms with E-state index in [4.69, 9.17) is 23.2 Å². The van der Waals surface area contributed by atoms with Crippen LogP contribution in [-0.4, -0.2) is 15.8 Å². The van der Waals surface area contributed by atoms with E-state index >= 15 is 0 Å². The van der Waals surface area contributed by atoms with E-state index in [1.807, 2.05) is 0 Å². The second-order valence-corrected chi connectivity index (χ2v) is 7.03. The molecular weight excluding hydrogens is 409 g/mol. The van der Waals surface area contributed by atoms with Crippen molar-refractivity contribution in [3.63, 3.8) is 0 Å². The maximum absolute atomic E-state index is 12.1. The van der Waals surface area contributed by atoms with Crippen molar-refractivity contribution in [3.8, 4) is 11.3 Å². The fourth-order valence-electron chi connectivity index (χ4n) is 2.17. The lowest BCUT2D eigenvalue weighted by Gasteiger charge is -1.99. The van der Waals surface area contributed by atoms with Crippen molar-refractivity contribution in [1.82, 2.24) is 4.98 Å². The number of hydrogen-bond donors (Lipinski definition) is 1. The van der Waals surface area contributed by atoms with Gasteiger partial charge >= 0.3 is 0 Å². The summed E-state index contributed by atoms with van der Waals surface area (Å²) in [6, 6.07) is 11.0. The number of carbonyl (C=O) groups excluding carboxylic acids is 1. The summed E-state index contributed by atoms with van der Waals surface area (Å²) in [5.74, 6) is -0.356. The SMILES string of the molecule is O=C(C=Cc1ccc(Cl)cc1Cl)Nc1nc(-c2ccc([N+](=O)[O-])cc2)cs1. The largest absolute Gasteiger partial charge is 0.298 e. The smallest absolute Gasteiger partial charge is 0.269 e. The molecule has 1 N–H and O–H groups in total. The van der Waals surface area contributed by atoms with E-state index in [0.717, 1.165) is 5.56 Å². The highest BCUT2D eigenvalue weighted by Gasteiger charge is 2.09. The summed E-state index contributed by atoms with van der Waals surface area (Å²) in [6.07, 6.45) is 2.93. The molecule has 136 valence electrons. The van der Waals surface area contributed by atoms with E-state index in [-0.39, 0.29) is 11.6 Å². The first-order valence-electron chi connectivity index (χ1n) is 7.57. The maximum atomic E-state index is 12.1. The normalized spacial score (nSPS) is 10.9. The predicted octanol–water partition coefficient (Wildman–Crippen LogP) is 5.68. The van der Waals surface area contributed by atoms with Crippen LogP contribution in [0.25, 0.3) is 17.3 Å². The summed E-state index contributed by atoms with van der Waals surface area (Å²) in [4.78, 5) is 26.6. The van der Waals surface area contributed by atoms with Gasteiger partial charge in [0, 0.05) is 39.2 Å². The fraction of sp³-hybridized carbons (Fsp3) is 0. The second-order valence-electron chi connectivity index (χ2n) is 5.33. The Kier molecular flexibility index (Phi) is 5.85. The molecule has 0 atom stereocenters. The van der Waals surface area contributed by atoms with Crippen LogP contribution in [0.3, 0.4) is 0 Å². The van der Waals surface area contributed by atoms with Crippen LogP contribution >= 0.6 is 34.5 Å². The van der Waals surface area contributed by atoms with Crippen molar-refractivity contribution in [2.45, 2.75) is 0 Å². The Morgan fingerprint density at radius 1 is 1.19 bits per heavy atom. The molecule has 2 aromatic carbocycles. The molecule has 0 bridgehead atoms. The Morgan fingerprint density at radius 3 is 2.59 bits per heavy atom. The second kappa shape index (κ2) is 8.30. The molecule has 3 aromatic rings. The van der Waals surface area contributed by atoms with Gasteiger partial charge in [-0.1, -0.05) is 29.3 Å². The first kappa shape index (κ1) is 19.0. The van der Waals surface area contributed by atoms with Gasteiger partial charge < -0.3 is 0 Å². The Bertz CT molecular complexity index is 1030. The number of nitrogens with one attached hydrogen (secondary N) is 1. The van der Waals surface area contributed by atoms with Crippen molar-refractivity contribution in [2.75, 3.05) is 5.32 Å². The molecule has 0 fully saturated rings. The highest BCUT2D eigenvalue weighted by molar-refractivity contribution is 7.14. The fourth-order valence-corrected chi connectivity index (χ4v) is 3.36. The number of rotatable bonds is 5. The van der Waals surface area contributed by atoms with Gasteiger partial charge in [-0.25, -0.2) is 4.98 Å². The van der Waals surface area contributed by atoms with E-state index in [2.05, 4.69) is 10.3 Å². The summed E-state index contributed by atoms with van der Waals surface area (Å²) in [5, 5.41) is 16.5. The number of aromatic nitrogens is 1. The molecule has 6 nitrogen and oxygen atoms in total. The standard InChI is InChI=1S/C18H11Cl2N3O3S/c19-13-5-1-11(15(20)9-13)4-8-17(24)22-18-21-16(10-27-18)12-2-6-14(7-3-12)23(25)26/h1-10H,(H,21,22,24). The first-order valence-corrected chi connectivity index (χ1v) is 9.20. The summed E-state index contributed by atoms with van der Waals surface area (Å²) in [5.41, 5.74) is 2.02. The maximum Gasteiger partial charge on any atom is 0.269 e. The van der Waals surface area contributed by atoms with Crippen LogP contribution in [0.5, 0.6) is 0 Å². The quantitative estimate of drug-likeness (QED) is 0.327. The molecule has 0 saturated heterocycles. The monoisotopic (exact) mass is 419 g/mol. The first-order chi connectivity index (χ1) is 12.9. The van der Waals surface area contributed by atoms with Crippen LogP contribution in [0.4, 0.5) is 10.8 Å². The van der Waals surface area contributed by atoms with Gasteiger partial charge in [-0.15, -0.1) is 11.3 Å². The lowest BCUT2D eigenvalue weighted by atomic mass is 10.1. The minimum Gasteiger partial charge on any atom is -0.298 e. The predicted molar refractivity (Wildman–Crippen MR) is 108 cm³/mol. The number of benzene rings is 2. The van der Waals surface area contributed by atoms with E-state index in [9.17, 15) is 14.9 Å². The van der Waals surface area contributed by atoms with Gasteiger partial charge in [0.15, 0.2) is 5.13 Å². The minimum absolute atomic E-state index is 0.00787. The van der Waals surface area contributed by atoms with Crippen molar-refractivity contribution in [1.29, 1.82) is 0 Å². The Hall–Kier alpha value is -2.74. The summed E-state index contributed by atoms with van der Waals surface area (Å²) >= 11 is 13.1. The number of nitrogens with zero attached hydrogens (tertiary/aromatic N) is 2. The number of amides is 1. The Labute approximate surface area is 168 Å². The van der Waals surface area contributed by atoms with Crippen LogP contribution in [-0.2, 0) is 4.79 Å². The lowest BCUT2D eigenvalue weighted by Crippen LogP contribution is -2.07. The highest BCUT2D eigenvalue weighted by atomic mass is 35.5. The van der Waals surface area contributed by atoms with Gasteiger partial charge in [0.2, 0.25) is 5.91 Å². The topological polar surface area (TPSA) is 85.1 Å². The number of anilines is 1. The Morgan fingerprint density at radius 2 is 1.93 bits per heavy atom. The molecule has 0 saturated carbocycles. The number of halogens is 2. The van der Waals surface area contributed by atoms with Crippen molar-refractivity contribution < 1.29 is 9.72 Å². The average Bonchev–Trinajstić information content (AvgIpc) is 3.09. The van der Waals surface area contributed by atoms with Gasteiger partial charge in [0.25, 0.3) is 5.69 Å². The zero-order valence-corrected chi connectivity index (χ0v) is 15.9. The van der Waals surface area contributed by atoms with Crippen LogP contribution in [0, 0.1) is 10.1 Å². The Balaban J connectivity index is 1.67. The van der Waals surface area contributed by atoms with E-state index in [1.54, 1.807) is 41.8 Å². The summed E-state index contributed by atoms with van der Waals surface area (Å²) in [7, 11) is 0. The molecular formula is C18H11Cl2N3O3S. The van der Waals surface area contributed by atoms with E-state index < -0.39 is 4.92 Å². The number of carbonyl (C=O) groups is 1. The third kappa shape index (κ3) is 4.91. The number of hydrogen-bond acceptors (Lipinski definition) is 5. The van der Waals surface area contributed by atoms with Gasteiger partial charge in [-0.05, 0) is 35.9 Å². The van der Waals surface area contributed by atoms with Gasteiger partial charge in [-0.2, -0.15) is 0 Å². The summed E-state index contributed by atoms with van der Waals surface area (Å²) in [6.45, 7) is 0. The molecule has 0 radical (unpaired) electrons. The third-order valence-corrected chi connectivity index (χ3v) is 4.81. The lowest BCUT2D eigenvalue weighted by molar-refractivity contribution is -0.384. The van der Waals surface area contributed by atoms with Crippen LogP contribution in [0.2, 0.25) is 10.0 Å². The number of non-ortho nitro benzene ring substituents is 1. The van der Waals surface area contributed by atoms with Gasteiger partial charge in [-0.3, -0.25) is 20.2 Å². The highest BCUT2D eigenvalue weighted by Crippen LogP contribution is 2.26. The van der Waals surface area contributed by atoms with Crippen LogP contribution < -0.4 is 5.32 Å². The zero-order chi connectivity index (χ0) is 19.4. The molecule has 3 rings (SSSR count). The number of thiazole rings is 1. The molecule has 1 aromatic heterocycles. The van der Waals surface area contributed by atoms with Crippen molar-refractivity contribution in [2.24, 2.45) is 0 Å². The molecule has 0 aliphatic heterocycles. The number of nitro groups is 1. The summed E-state index contributed by atoms with van der Waals surface area (Å²) < 4.78 is 0. The van der Waals surface area contributed by atoms with E-state index in [1.165, 1.54) is 29.5 Å². The van der Waals surface area contributed by atoms with E-state index in [0.29, 0.717) is 26.4 Å². The molecule has 1 amide bonds. The van der Waals surface area contributed by atoms with Crippen LogP contribution in [0.15, 0.2) is 53.9 Å². The molecule has 0 aliphatic carbocycles. The minimum atomic E-state index is -0.463. The molecule has 1 heterocycles. The van der Waals surface area contributed by atoms with Gasteiger partial charge in [0.1, 0.15) is 0 Å². The third-order valence-electron chi connectivity index (χ3n) is 3.48. The van der Waals surface area contributed by atoms with Crippen molar-refractivity contribution >= 4 is 57.3 Å².